The van der Waals surface area contributed by atoms with E-state index in [0.717, 1.165) is 28.8 Å². The monoisotopic (exact) mass is 320 g/mol. The fraction of sp³-hybridized carbons (Fsp3) is 0.462. The molecule has 21 heavy (non-hydrogen) atoms. The Bertz CT molecular complexity index is 620. The summed E-state index contributed by atoms with van der Waals surface area (Å²) < 4.78 is 50.8. The largest absolute Gasteiger partial charge is 0.354 e. The van der Waals surface area contributed by atoms with Crippen LogP contribution in [0.15, 0.2) is 18.2 Å². The van der Waals surface area contributed by atoms with E-state index in [0.29, 0.717) is 13.0 Å². The summed E-state index contributed by atoms with van der Waals surface area (Å²) in [7, 11) is -3.83. The summed E-state index contributed by atoms with van der Waals surface area (Å²) in [6, 6.07) is 1.61. The molecule has 0 radical (unpaired) electrons. The lowest BCUT2D eigenvalue weighted by Crippen LogP contribution is -2.48. The van der Waals surface area contributed by atoms with Crippen LogP contribution < -0.4 is 9.62 Å². The smallest absolute Gasteiger partial charge is 0.243 e. The molecule has 1 amide bonds. The minimum absolute atomic E-state index is 0.101. The molecule has 1 N–H and O–H groups in total. The average molecular weight is 320 g/mol. The van der Waals surface area contributed by atoms with Crippen LogP contribution in [0.3, 0.4) is 0 Å². The lowest BCUT2D eigenvalue weighted by Gasteiger charge is -2.28. The van der Waals surface area contributed by atoms with Crippen molar-refractivity contribution in [3.8, 4) is 0 Å². The number of nitrogens with zero attached hydrogens (tertiary/aromatic N) is 1. The van der Waals surface area contributed by atoms with E-state index in [2.05, 4.69) is 5.32 Å². The first kappa shape index (κ1) is 17.4. The van der Waals surface area contributed by atoms with Crippen LogP contribution in [0.2, 0.25) is 0 Å². The van der Waals surface area contributed by atoms with Gasteiger partial charge in [-0.2, -0.15) is 0 Å². The first-order valence-electron chi connectivity index (χ1n) is 6.40. The van der Waals surface area contributed by atoms with Crippen LogP contribution in [0, 0.1) is 11.6 Å². The van der Waals surface area contributed by atoms with Gasteiger partial charge in [0.05, 0.1) is 11.9 Å². The standard InChI is InChI=1S/C13H18F2N2O3S/c1-4-7-16-13(18)9(2)17(21(3,19)20)10-5-6-11(14)12(15)8-10/h5-6,8-9H,4,7H2,1-3H3,(H,16,18)/t9-/m1/s1. The molecule has 0 saturated heterocycles. The minimum Gasteiger partial charge on any atom is -0.354 e. The van der Waals surface area contributed by atoms with Crippen LogP contribution in [-0.4, -0.2) is 33.2 Å². The third kappa shape index (κ3) is 4.38. The van der Waals surface area contributed by atoms with Gasteiger partial charge in [-0.15, -0.1) is 0 Å². The van der Waals surface area contributed by atoms with Crippen molar-refractivity contribution < 1.29 is 22.0 Å². The Labute approximate surface area is 123 Å². The molecule has 0 bridgehead atoms. The normalized spacial score (nSPS) is 12.8. The molecular formula is C13H18F2N2O3S. The second-order valence-corrected chi connectivity index (χ2v) is 6.48. The first-order valence-corrected chi connectivity index (χ1v) is 8.25. The molecule has 1 aromatic rings. The zero-order valence-corrected chi connectivity index (χ0v) is 12.9. The van der Waals surface area contributed by atoms with Gasteiger partial charge < -0.3 is 5.32 Å². The van der Waals surface area contributed by atoms with Crippen LogP contribution >= 0.6 is 0 Å². The minimum atomic E-state index is -3.83. The van der Waals surface area contributed by atoms with Gasteiger partial charge >= 0.3 is 0 Å². The van der Waals surface area contributed by atoms with E-state index in [4.69, 9.17) is 0 Å². The number of nitrogens with one attached hydrogen (secondary N) is 1. The highest BCUT2D eigenvalue weighted by atomic mass is 32.2. The number of hydrogen-bond donors (Lipinski definition) is 1. The first-order chi connectivity index (χ1) is 9.68. The summed E-state index contributed by atoms with van der Waals surface area (Å²) in [6.45, 7) is 3.64. The van der Waals surface area contributed by atoms with E-state index < -0.39 is 33.6 Å². The average Bonchev–Trinajstić information content (AvgIpc) is 2.38. The molecule has 0 saturated carbocycles. The Hall–Kier alpha value is -1.70. The number of hydrogen-bond acceptors (Lipinski definition) is 3. The summed E-state index contributed by atoms with van der Waals surface area (Å²) in [5.74, 6) is -2.77. The van der Waals surface area contributed by atoms with Crippen LogP contribution in [-0.2, 0) is 14.8 Å². The van der Waals surface area contributed by atoms with Gasteiger partial charge in [-0.05, 0) is 25.5 Å². The number of carbonyl (C=O) groups is 1. The maximum atomic E-state index is 13.3. The molecule has 0 aromatic heterocycles. The van der Waals surface area contributed by atoms with Gasteiger partial charge in [0, 0.05) is 12.6 Å². The summed E-state index contributed by atoms with van der Waals surface area (Å²) >= 11 is 0. The van der Waals surface area contributed by atoms with Crippen molar-refractivity contribution in [1.29, 1.82) is 0 Å². The molecule has 1 atom stereocenters. The highest BCUT2D eigenvalue weighted by Crippen LogP contribution is 2.23. The van der Waals surface area contributed by atoms with Crippen molar-refractivity contribution in [2.45, 2.75) is 26.3 Å². The van der Waals surface area contributed by atoms with Crippen molar-refractivity contribution >= 4 is 21.6 Å². The summed E-state index contributed by atoms with van der Waals surface area (Å²) in [6.07, 6.45) is 1.60. The third-order valence-corrected chi connectivity index (χ3v) is 4.04. The quantitative estimate of drug-likeness (QED) is 0.866. The Kier molecular flexibility index (Phi) is 5.65. The molecule has 118 valence electrons. The van der Waals surface area contributed by atoms with Gasteiger partial charge in [0.25, 0.3) is 0 Å². The van der Waals surface area contributed by atoms with Gasteiger partial charge in [0.15, 0.2) is 11.6 Å². The van der Waals surface area contributed by atoms with Gasteiger partial charge in [-0.25, -0.2) is 17.2 Å². The Morgan fingerprint density at radius 2 is 1.95 bits per heavy atom. The maximum Gasteiger partial charge on any atom is 0.243 e. The van der Waals surface area contributed by atoms with Crippen molar-refractivity contribution in [3.05, 3.63) is 29.8 Å². The molecular weight excluding hydrogens is 302 g/mol. The van der Waals surface area contributed by atoms with Gasteiger partial charge in [-0.1, -0.05) is 6.92 Å². The molecule has 0 unspecified atom stereocenters. The molecule has 0 fully saturated rings. The van der Waals surface area contributed by atoms with E-state index in [9.17, 15) is 22.0 Å². The second-order valence-electron chi connectivity index (χ2n) is 4.62. The number of carbonyl (C=O) groups excluding carboxylic acids is 1. The van der Waals surface area contributed by atoms with Crippen LogP contribution in [0.4, 0.5) is 14.5 Å². The molecule has 0 aliphatic rings. The molecule has 0 aliphatic heterocycles. The lowest BCUT2D eigenvalue weighted by molar-refractivity contribution is -0.121. The van der Waals surface area contributed by atoms with Crippen LogP contribution in [0.25, 0.3) is 0 Å². The fourth-order valence-corrected chi connectivity index (χ4v) is 2.99. The highest BCUT2D eigenvalue weighted by molar-refractivity contribution is 7.92. The van der Waals surface area contributed by atoms with Crippen LogP contribution in [0.1, 0.15) is 20.3 Å². The number of sulfonamides is 1. The molecule has 0 heterocycles. The van der Waals surface area contributed by atoms with Gasteiger partial charge in [0.1, 0.15) is 6.04 Å². The van der Waals surface area contributed by atoms with Crippen molar-refractivity contribution in [3.63, 3.8) is 0 Å². The lowest BCUT2D eigenvalue weighted by atomic mass is 10.2. The van der Waals surface area contributed by atoms with E-state index in [1.165, 1.54) is 6.92 Å². The molecule has 0 spiro atoms. The SMILES string of the molecule is CCCNC(=O)[C@@H](C)N(c1ccc(F)c(F)c1)S(C)(=O)=O. The zero-order valence-electron chi connectivity index (χ0n) is 12.1. The van der Waals surface area contributed by atoms with E-state index in [1.54, 1.807) is 0 Å². The number of benzene rings is 1. The molecule has 8 heteroatoms. The van der Waals surface area contributed by atoms with Crippen molar-refractivity contribution in [2.24, 2.45) is 0 Å². The number of anilines is 1. The molecule has 5 nitrogen and oxygen atoms in total. The fourth-order valence-electron chi connectivity index (χ4n) is 1.83. The molecule has 1 rings (SSSR count). The molecule has 1 aromatic carbocycles. The van der Waals surface area contributed by atoms with Crippen LogP contribution in [0.5, 0.6) is 0 Å². The molecule has 0 aliphatic carbocycles. The summed E-state index contributed by atoms with van der Waals surface area (Å²) in [5.41, 5.74) is -0.101. The number of halogens is 2. The van der Waals surface area contributed by atoms with Gasteiger partial charge in [-0.3, -0.25) is 9.10 Å². The second kappa shape index (κ2) is 6.84. The predicted octanol–water partition coefficient (Wildman–Crippen LogP) is 1.65. The third-order valence-electron chi connectivity index (χ3n) is 2.80. The maximum absolute atomic E-state index is 13.3. The Balaban J connectivity index is 3.18. The highest BCUT2D eigenvalue weighted by Gasteiger charge is 2.29. The van der Waals surface area contributed by atoms with E-state index >= 15 is 0 Å². The van der Waals surface area contributed by atoms with E-state index in [-0.39, 0.29) is 5.69 Å². The van der Waals surface area contributed by atoms with E-state index in [1.807, 2.05) is 6.92 Å². The summed E-state index contributed by atoms with van der Waals surface area (Å²) in [5, 5.41) is 2.57. The van der Waals surface area contributed by atoms with Crippen molar-refractivity contribution in [1.82, 2.24) is 5.32 Å². The Morgan fingerprint density at radius 1 is 1.33 bits per heavy atom. The van der Waals surface area contributed by atoms with Gasteiger partial charge in [0.2, 0.25) is 15.9 Å². The zero-order chi connectivity index (χ0) is 16.2. The Morgan fingerprint density at radius 3 is 2.43 bits per heavy atom. The van der Waals surface area contributed by atoms with Crippen molar-refractivity contribution in [2.75, 3.05) is 17.1 Å². The number of rotatable bonds is 6. The predicted molar refractivity (Wildman–Crippen MR) is 76.4 cm³/mol. The number of amides is 1. The topological polar surface area (TPSA) is 66.5 Å². The summed E-state index contributed by atoms with van der Waals surface area (Å²) in [4.78, 5) is 11.9.